The van der Waals surface area contributed by atoms with Crippen molar-refractivity contribution < 1.29 is 44.2 Å². The Hall–Kier alpha value is -0.850. The Morgan fingerprint density at radius 3 is 2.30 bits per heavy atom. The van der Waals surface area contributed by atoms with Gasteiger partial charge in [-0.1, -0.05) is 34.6 Å². The number of carbonyl (C=O) groups is 1. The SMILES string of the molecule is CC(=O)O[C@@H]([C@H]1C[C@@H](C)[C@H]2[C@H](O1)[C@H](N)[C@@]1(C)[C@@H]3CC[C@H]4C(C)(C)[C@@H](O[C@@H]5OC[C@@H](O)[C@H](O)[C@H]5O)CC[C@@]45C[C@@]35CC[C@]21C)C(C)(C)O. The molecule has 2 heterocycles. The molecule has 0 bridgehead atoms. The highest BCUT2D eigenvalue weighted by atomic mass is 16.7. The number of rotatable bonds is 5. The van der Waals surface area contributed by atoms with Gasteiger partial charge in [-0.2, -0.15) is 0 Å². The number of hydrogen-bond acceptors (Lipinski definition) is 10. The fourth-order valence-corrected chi connectivity index (χ4v) is 13.8. The molecule has 10 nitrogen and oxygen atoms in total. The van der Waals surface area contributed by atoms with Crippen molar-refractivity contribution in [1.82, 2.24) is 0 Å². The van der Waals surface area contributed by atoms with Crippen molar-refractivity contribution in [3.05, 3.63) is 0 Å². The average Bonchev–Trinajstić information content (AvgIpc) is 3.61. The fraction of sp³-hybridized carbons (Fsp3) is 0.973. The van der Waals surface area contributed by atoms with Gasteiger partial charge >= 0.3 is 5.97 Å². The molecule has 47 heavy (non-hydrogen) atoms. The third-order valence-corrected chi connectivity index (χ3v) is 16.0. The quantitative estimate of drug-likeness (QED) is 0.218. The minimum Gasteiger partial charge on any atom is -0.457 e. The molecule has 6 N–H and O–H groups in total. The summed E-state index contributed by atoms with van der Waals surface area (Å²) >= 11 is 0. The summed E-state index contributed by atoms with van der Waals surface area (Å²) in [5.41, 5.74) is 6.42. The van der Waals surface area contributed by atoms with Crippen molar-refractivity contribution in [3.8, 4) is 0 Å². The van der Waals surface area contributed by atoms with E-state index in [0.717, 1.165) is 32.1 Å². The predicted octanol–water partition coefficient (Wildman–Crippen LogP) is 3.29. The summed E-state index contributed by atoms with van der Waals surface area (Å²) in [5.74, 6) is 1.12. The lowest BCUT2D eigenvalue weighted by Crippen LogP contribution is -2.62. The van der Waals surface area contributed by atoms with Crippen molar-refractivity contribution in [3.63, 3.8) is 0 Å². The Bertz CT molecular complexity index is 1250. The van der Waals surface area contributed by atoms with Crippen molar-refractivity contribution in [2.45, 2.75) is 167 Å². The van der Waals surface area contributed by atoms with Gasteiger partial charge in [-0.25, -0.2) is 0 Å². The molecule has 10 heteroatoms. The maximum absolute atomic E-state index is 12.1. The molecule has 0 aromatic heterocycles. The second-order valence-corrected chi connectivity index (χ2v) is 18.7. The Labute approximate surface area is 280 Å². The second kappa shape index (κ2) is 10.8. The van der Waals surface area contributed by atoms with Crippen LogP contribution < -0.4 is 5.73 Å². The number of nitrogens with two attached hydrogens (primary N) is 1. The van der Waals surface area contributed by atoms with Crippen LogP contribution in [0.1, 0.15) is 107 Å². The summed E-state index contributed by atoms with van der Waals surface area (Å²) in [7, 11) is 0. The summed E-state index contributed by atoms with van der Waals surface area (Å²) in [6, 6.07) is -0.168. The van der Waals surface area contributed by atoms with Gasteiger partial charge in [0.25, 0.3) is 0 Å². The largest absolute Gasteiger partial charge is 0.457 e. The van der Waals surface area contributed by atoms with Crippen LogP contribution in [0, 0.1) is 50.7 Å². The molecule has 2 aliphatic heterocycles. The molecular weight excluding hydrogens is 602 g/mol. The first-order valence-electron chi connectivity index (χ1n) is 18.4. The normalized spacial score (nSPS) is 55.4. The van der Waals surface area contributed by atoms with Crippen molar-refractivity contribution in [2.24, 2.45) is 56.5 Å². The average molecular weight is 664 g/mol. The van der Waals surface area contributed by atoms with Gasteiger partial charge in [0.2, 0.25) is 0 Å². The number of ether oxygens (including phenoxy) is 4. The van der Waals surface area contributed by atoms with Gasteiger partial charge in [0, 0.05) is 13.0 Å². The van der Waals surface area contributed by atoms with Crippen LogP contribution in [-0.4, -0.2) is 93.7 Å². The van der Waals surface area contributed by atoms with Gasteiger partial charge in [0.05, 0.1) is 30.5 Å². The molecule has 0 amide bonds. The first-order chi connectivity index (χ1) is 21.8. The van der Waals surface area contributed by atoms with E-state index in [0.29, 0.717) is 30.1 Å². The molecule has 7 aliphatic rings. The lowest BCUT2D eigenvalue weighted by molar-refractivity contribution is -0.302. The van der Waals surface area contributed by atoms with Crippen molar-refractivity contribution in [2.75, 3.05) is 6.61 Å². The fourth-order valence-electron chi connectivity index (χ4n) is 13.8. The molecule has 5 aliphatic carbocycles. The van der Waals surface area contributed by atoms with Crippen LogP contribution in [0.5, 0.6) is 0 Å². The van der Waals surface area contributed by atoms with Crippen LogP contribution in [0.15, 0.2) is 0 Å². The van der Waals surface area contributed by atoms with Crippen LogP contribution in [0.2, 0.25) is 0 Å². The second-order valence-electron chi connectivity index (χ2n) is 18.7. The summed E-state index contributed by atoms with van der Waals surface area (Å²) in [6.07, 6.45) is 2.27. The molecule has 0 unspecified atom stereocenters. The molecule has 2 spiro atoms. The van der Waals surface area contributed by atoms with Gasteiger partial charge in [0.15, 0.2) is 12.4 Å². The summed E-state index contributed by atoms with van der Waals surface area (Å²) < 4.78 is 24.8. The first kappa shape index (κ1) is 34.6. The molecule has 17 atom stereocenters. The van der Waals surface area contributed by atoms with E-state index in [2.05, 4.69) is 34.6 Å². The number of esters is 1. The van der Waals surface area contributed by atoms with Gasteiger partial charge < -0.3 is 45.1 Å². The molecular formula is C37H61NO9. The zero-order chi connectivity index (χ0) is 34.3. The highest BCUT2D eigenvalue weighted by Gasteiger charge is 2.84. The smallest absolute Gasteiger partial charge is 0.303 e. The summed E-state index contributed by atoms with van der Waals surface area (Å²) in [4.78, 5) is 12.1. The minimum atomic E-state index is -1.28. The molecule has 7 rings (SSSR count). The van der Waals surface area contributed by atoms with Gasteiger partial charge in [-0.3, -0.25) is 4.79 Å². The zero-order valence-electron chi connectivity index (χ0n) is 29.8. The predicted molar refractivity (Wildman–Crippen MR) is 173 cm³/mol. The Morgan fingerprint density at radius 1 is 0.979 bits per heavy atom. The number of hydrogen-bond donors (Lipinski definition) is 5. The van der Waals surface area contributed by atoms with E-state index in [1.54, 1.807) is 13.8 Å². The highest BCUT2D eigenvalue weighted by molar-refractivity contribution is 5.66. The third-order valence-electron chi connectivity index (χ3n) is 16.0. The maximum Gasteiger partial charge on any atom is 0.303 e. The molecule has 5 saturated carbocycles. The van der Waals surface area contributed by atoms with Crippen LogP contribution in [0.25, 0.3) is 0 Å². The molecule has 7 fully saturated rings. The molecule has 0 aromatic carbocycles. The summed E-state index contributed by atoms with van der Waals surface area (Å²) in [6.45, 7) is 16.6. The van der Waals surface area contributed by atoms with E-state index in [1.165, 1.54) is 19.8 Å². The van der Waals surface area contributed by atoms with E-state index in [4.69, 9.17) is 24.7 Å². The van der Waals surface area contributed by atoms with E-state index >= 15 is 0 Å². The monoisotopic (exact) mass is 663 g/mol. The van der Waals surface area contributed by atoms with Crippen molar-refractivity contribution in [1.29, 1.82) is 0 Å². The van der Waals surface area contributed by atoms with Gasteiger partial charge in [-0.05, 0) is 116 Å². The Balaban J connectivity index is 1.14. The molecule has 0 radical (unpaired) electrons. The first-order valence-corrected chi connectivity index (χ1v) is 18.4. The minimum absolute atomic E-state index is 0.00928. The van der Waals surface area contributed by atoms with Gasteiger partial charge in [0.1, 0.15) is 18.3 Å². The highest BCUT2D eigenvalue weighted by Crippen LogP contribution is 2.89. The Kier molecular flexibility index (Phi) is 7.97. The molecule has 2 saturated heterocycles. The van der Waals surface area contributed by atoms with E-state index < -0.39 is 48.4 Å². The van der Waals surface area contributed by atoms with E-state index in [-0.39, 0.29) is 51.9 Å². The van der Waals surface area contributed by atoms with Crippen LogP contribution in [0.4, 0.5) is 0 Å². The van der Waals surface area contributed by atoms with Crippen LogP contribution in [-0.2, 0) is 23.7 Å². The van der Waals surface area contributed by atoms with Gasteiger partial charge in [-0.15, -0.1) is 0 Å². The maximum atomic E-state index is 12.1. The number of fused-ring (bicyclic) bond motifs is 4. The van der Waals surface area contributed by atoms with E-state index in [1.807, 2.05) is 0 Å². The topological polar surface area (TPSA) is 161 Å². The van der Waals surface area contributed by atoms with Crippen LogP contribution in [0.3, 0.4) is 0 Å². The zero-order valence-corrected chi connectivity index (χ0v) is 29.8. The lowest BCUT2D eigenvalue weighted by Gasteiger charge is -2.64. The number of aliphatic hydroxyl groups is 4. The van der Waals surface area contributed by atoms with E-state index in [9.17, 15) is 25.2 Å². The van der Waals surface area contributed by atoms with Crippen molar-refractivity contribution >= 4 is 5.97 Å². The third kappa shape index (κ3) is 4.54. The summed E-state index contributed by atoms with van der Waals surface area (Å²) in [5, 5.41) is 41.9. The molecule has 268 valence electrons. The number of aliphatic hydroxyl groups excluding tert-OH is 3. The Morgan fingerprint density at radius 2 is 1.64 bits per heavy atom. The van der Waals surface area contributed by atoms with Crippen LogP contribution >= 0.6 is 0 Å². The standard InChI is InChI=1S/C37H61NO9/c1-18-15-21(30(33(5,6)43)45-19(2)39)46-28-25(18)34(7)13-14-37-17-36(37)12-11-24(47-31-27(42)26(41)20(40)16-44-31)32(3,4)22(36)9-10-23(37)35(34,8)29(28)38/h18,20-31,40-43H,9-17,38H2,1-8H3/t18-,20-,21-,22+,23+,24+,25+,26+,27-,28+,29+,30+,31+,34-,35-,36-,37+/m1/s1. The lowest BCUT2D eigenvalue weighted by atomic mass is 9.41. The molecule has 0 aromatic rings. The number of carbonyl (C=O) groups excluding carboxylic acids is 1.